The van der Waals surface area contributed by atoms with Crippen molar-refractivity contribution in [3.8, 4) is 17.0 Å². The predicted octanol–water partition coefficient (Wildman–Crippen LogP) is 3.99. The molecule has 5 nitrogen and oxygen atoms in total. The summed E-state index contributed by atoms with van der Waals surface area (Å²) in [6, 6.07) is 6.58. The SMILES string of the molecule is COc1ccc(-c2ccnc3nc(C4CCCCC4)nn23)c(F)c1. The van der Waals surface area contributed by atoms with E-state index < -0.39 is 0 Å². The van der Waals surface area contributed by atoms with Crippen LogP contribution in [-0.4, -0.2) is 26.7 Å². The maximum Gasteiger partial charge on any atom is 0.252 e. The van der Waals surface area contributed by atoms with Gasteiger partial charge in [-0.3, -0.25) is 0 Å². The molecule has 0 bridgehead atoms. The number of rotatable bonds is 3. The van der Waals surface area contributed by atoms with Crippen LogP contribution in [0.5, 0.6) is 5.75 Å². The zero-order chi connectivity index (χ0) is 16.5. The average Bonchev–Trinajstić information content (AvgIpc) is 3.07. The lowest BCUT2D eigenvalue weighted by atomic mass is 9.89. The molecule has 6 heteroatoms. The number of benzene rings is 1. The Morgan fingerprint density at radius 3 is 2.75 bits per heavy atom. The Bertz CT molecular complexity index is 871. The van der Waals surface area contributed by atoms with Gasteiger partial charge in [-0.25, -0.2) is 9.37 Å². The molecule has 24 heavy (non-hydrogen) atoms. The second-order valence-electron chi connectivity index (χ2n) is 6.19. The lowest BCUT2D eigenvalue weighted by molar-refractivity contribution is 0.411. The van der Waals surface area contributed by atoms with Gasteiger partial charge in [0.25, 0.3) is 5.78 Å². The van der Waals surface area contributed by atoms with Crippen molar-refractivity contribution < 1.29 is 9.13 Å². The average molecular weight is 326 g/mol. The molecule has 1 aromatic carbocycles. The van der Waals surface area contributed by atoms with Gasteiger partial charge in [0.2, 0.25) is 0 Å². The van der Waals surface area contributed by atoms with Crippen LogP contribution in [0.3, 0.4) is 0 Å². The van der Waals surface area contributed by atoms with Crippen LogP contribution in [-0.2, 0) is 0 Å². The van der Waals surface area contributed by atoms with Gasteiger partial charge in [-0.05, 0) is 31.0 Å². The monoisotopic (exact) mass is 326 g/mol. The van der Waals surface area contributed by atoms with Crippen LogP contribution in [0.15, 0.2) is 30.5 Å². The van der Waals surface area contributed by atoms with Crippen LogP contribution in [0.2, 0.25) is 0 Å². The van der Waals surface area contributed by atoms with E-state index in [1.165, 1.54) is 32.4 Å². The second-order valence-corrected chi connectivity index (χ2v) is 6.19. The van der Waals surface area contributed by atoms with Gasteiger partial charge in [0.1, 0.15) is 11.6 Å². The second kappa shape index (κ2) is 6.19. The standard InChI is InChI=1S/C18H19FN4O/c1-24-13-7-8-14(15(19)11-13)16-9-10-20-18-21-17(22-23(16)18)12-5-3-2-4-6-12/h7-12H,2-6H2,1H3. The van der Waals surface area contributed by atoms with E-state index in [0.717, 1.165) is 18.7 Å². The summed E-state index contributed by atoms with van der Waals surface area (Å²) in [5, 5.41) is 4.64. The molecule has 0 aliphatic heterocycles. The molecule has 0 atom stereocenters. The summed E-state index contributed by atoms with van der Waals surface area (Å²) in [5.74, 6) is 1.86. The first kappa shape index (κ1) is 15.1. The highest BCUT2D eigenvalue weighted by molar-refractivity contribution is 5.63. The number of methoxy groups -OCH3 is 1. The molecule has 124 valence electrons. The molecular weight excluding hydrogens is 307 g/mol. The van der Waals surface area contributed by atoms with Crippen LogP contribution in [0.4, 0.5) is 4.39 Å². The lowest BCUT2D eigenvalue weighted by Gasteiger charge is -2.17. The van der Waals surface area contributed by atoms with Crippen LogP contribution in [0.1, 0.15) is 43.8 Å². The van der Waals surface area contributed by atoms with Gasteiger partial charge >= 0.3 is 0 Å². The Morgan fingerprint density at radius 2 is 2.00 bits per heavy atom. The quantitative estimate of drug-likeness (QED) is 0.730. The molecule has 1 saturated carbocycles. The van der Waals surface area contributed by atoms with Crippen LogP contribution < -0.4 is 4.74 Å². The summed E-state index contributed by atoms with van der Waals surface area (Å²) in [6.07, 6.45) is 7.59. The van der Waals surface area contributed by atoms with E-state index in [4.69, 9.17) is 4.74 Å². The third-order valence-electron chi connectivity index (χ3n) is 4.68. The first-order valence-corrected chi connectivity index (χ1v) is 8.32. The molecule has 2 heterocycles. The van der Waals surface area contributed by atoms with E-state index in [2.05, 4.69) is 15.1 Å². The summed E-state index contributed by atoms with van der Waals surface area (Å²) in [6.45, 7) is 0. The molecule has 0 spiro atoms. The summed E-state index contributed by atoms with van der Waals surface area (Å²) >= 11 is 0. The van der Waals surface area contributed by atoms with Gasteiger partial charge in [0.15, 0.2) is 5.82 Å². The molecule has 0 saturated heterocycles. The van der Waals surface area contributed by atoms with E-state index in [-0.39, 0.29) is 5.82 Å². The Hall–Kier alpha value is -2.50. The number of aromatic nitrogens is 4. The van der Waals surface area contributed by atoms with Crippen molar-refractivity contribution in [2.75, 3.05) is 7.11 Å². The van der Waals surface area contributed by atoms with E-state index in [1.807, 2.05) is 0 Å². The largest absolute Gasteiger partial charge is 0.497 e. The third-order valence-corrected chi connectivity index (χ3v) is 4.68. The highest BCUT2D eigenvalue weighted by Crippen LogP contribution is 2.32. The number of nitrogens with zero attached hydrogens (tertiary/aromatic N) is 4. The summed E-state index contributed by atoms with van der Waals surface area (Å²) in [4.78, 5) is 8.87. The van der Waals surface area contributed by atoms with Crippen LogP contribution in [0.25, 0.3) is 17.0 Å². The molecule has 2 aromatic heterocycles. The predicted molar refractivity (Wildman–Crippen MR) is 88.6 cm³/mol. The Kier molecular flexibility index (Phi) is 3.88. The van der Waals surface area contributed by atoms with E-state index in [0.29, 0.717) is 28.7 Å². The van der Waals surface area contributed by atoms with E-state index >= 15 is 0 Å². The first-order valence-electron chi connectivity index (χ1n) is 8.32. The smallest absolute Gasteiger partial charge is 0.252 e. The van der Waals surface area contributed by atoms with Crippen molar-refractivity contribution in [1.29, 1.82) is 0 Å². The van der Waals surface area contributed by atoms with Crippen molar-refractivity contribution in [2.45, 2.75) is 38.0 Å². The minimum absolute atomic E-state index is 0.350. The van der Waals surface area contributed by atoms with Crippen molar-refractivity contribution in [3.63, 3.8) is 0 Å². The molecule has 0 amide bonds. The molecular formula is C18H19FN4O. The summed E-state index contributed by atoms with van der Waals surface area (Å²) in [7, 11) is 1.52. The molecule has 0 unspecified atom stereocenters. The fraction of sp³-hybridized carbons (Fsp3) is 0.389. The fourth-order valence-electron chi connectivity index (χ4n) is 3.38. The van der Waals surface area contributed by atoms with E-state index in [9.17, 15) is 4.39 Å². The van der Waals surface area contributed by atoms with Gasteiger partial charge in [-0.1, -0.05) is 19.3 Å². The minimum Gasteiger partial charge on any atom is -0.497 e. The zero-order valence-electron chi connectivity index (χ0n) is 13.6. The minimum atomic E-state index is -0.350. The molecule has 1 aliphatic rings. The van der Waals surface area contributed by atoms with Gasteiger partial charge in [-0.2, -0.15) is 9.50 Å². The van der Waals surface area contributed by atoms with Gasteiger partial charge < -0.3 is 4.74 Å². The van der Waals surface area contributed by atoms with Crippen molar-refractivity contribution in [1.82, 2.24) is 19.6 Å². The Labute approximate surface area is 139 Å². The highest BCUT2D eigenvalue weighted by Gasteiger charge is 2.21. The van der Waals surface area contributed by atoms with Crippen molar-refractivity contribution >= 4 is 5.78 Å². The zero-order valence-corrected chi connectivity index (χ0v) is 13.6. The van der Waals surface area contributed by atoms with Crippen LogP contribution >= 0.6 is 0 Å². The maximum absolute atomic E-state index is 14.5. The van der Waals surface area contributed by atoms with Crippen molar-refractivity contribution in [2.24, 2.45) is 0 Å². The molecule has 4 rings (SSSR count). The summed E-state index contributed by atoms with van der Waals surface area (Å²) < 4.78 is 21.2. The van der Waals surface area contributed by atoms with Gasteiger partial charge in [0, 0.05) is 23.7 Å². The third kappa shape index (κ3) is 2.62. The molecule has 1 aliphatic carbocycles. The number of hydrogen-bond donors (Lipinski definition) is 0. The van der Waals surface area contributed by atoms with Crippen LogP contribution in [0, 0.1) is 5.82 Å². The molecule has 0 N–H and O–H groups in total. The first-order chi connectivity index (χ1) is 11.8. The maximum atomic E-state index is 14.5. The van der Waals surface area contributed by atoms with Crippen molar-refractivity contribution in [3.05, 3.63) is 42.1 Å². The molecule has 3 aromatic rings. The topological polar surface area (TPSA) is 52.3 Å². The Balaban J connectivity index is 1.79. The highest BCUT2D eigenvalue weighted by atomic mass is 19.1. The lowest BCUT2D eigenvalue weighted by Crippen LogP contribution is -2.06. The number of hydrogen-bond acceptors (Lipinski definition) is 4. The Morgan fingerprint density at radius 1 is 1.17 bits per heavy atom. The molecule has 1 fully saturated rings. The number of halogens is 1. The van der Waals surface area contributed by atoms with Gasteiger partial charge in [-0.15, -0.1) is 5.10 Å². The molecule has 0 radical (unpaired) electrons. The normalized spacial score (nSPS) is 15.8. The van der Waals surface area contributed by atoms with Gasteiger partial charge in [0.05, 0.1) is 12.8 Å². The summed E-state index contributed by atoms with van der Waals surface area (Å²) in [5.41, 5.74) is 1.11. The number of ether oxygens (including phenoxy) is 1. The fourth-order valence-corrected chi connectivity index (χ4v) is 3.38. The van der Waals surface area contributed by atoms with E-state index in [1.54, 1.807) is 28.9 Å². The number of fused-ring (bicyclic) bond motifs is 1.